The molecular formula is C80H116N8O28S2. The number of esters is 2. The van der Waals surface area contributed by atoms with Crippen molar-refractivity contribution in [1.29, 1.82) is 0 Å². The molecule has 20 N–H and O–H groups in total. The van der Waals surface area contributed by atoms with Crippen LogP contribution in [0.1, 0.15) is 126 Å². The Kier molecular flexibility index (Phi) is 32.4. The van der Waals surface area contributed by atoms with E-state index in [4.69, 9.17) is 19.3 Å². The van der Waals surface area contributed by atoms with Crippen LogP contribution in [-0.4, -0.2) is 341 Å². The molecule has 0 aromatic heterocycles. The summed E-state index contributed by atoms with van der Waals surface area (Å²) in [5.74, 6) is -13.0. The first kappa shape index (κ1) is 94.4. The van der Waals surface area contributed by atoms with Crippen LogP contribution < -0.4 is 36.2 Å². The van der Waals surface area contributed by atoms with Gasteiger partial charge in [-0.15, -0.1) is 0 Å². The number of aliphatic carboxylic acids is 2. The summed E-state index contributed by atoms with van der Waals surface area (Å²) >= 11 is 0. The third-order valence-corrected chi connectivity index (χ3v) is 27.5. The molecule has 38 heteroatoms. The minimum Gasteiger partial charge on any atom is -0.496 e. The first-order valence-electron chi connectivity index (χ1n) is 40.0. The lowest BCUT2D eigenvalue weighted by molar-refractivity contribution is -0.203. The van der Waals surface area contributed by atoms with E-state index in [1.54, 1.807) is 11.9 Å². The number of anilines is 1. The highest BCUT2D eigenvalue weighted by Gasteiger charge is 2.79. The molecule has 118 heavy (non-hydrogen) atoms. The van der Waals surface area contributed by atoms with E-state index < -0.39 is 249 Å². The van der Waals surface area contributed by atoms with Crippen molar-refractivity contribution in [1.82, 2.24) is 36.4 Å². The number of aliphatic hydroxyl groups excluding tert-OH is 11. The fourth-order valence-electron chi connectivity index (χ4n) is 18.9. The summed E-state index contributed by atoms with van der Waals surface area (Å²) in [6.07, 6.45) is -14.5. The van der Waals surface area contributed by atoms with E-state index in [0.29, 0.717) is 81.8 Å². The third-order valence-electron chi connectivity index (χ3n) is 25.1. The van der Waals surface area contributed by atoms with Gasteiger partial charge in [0.25, 0.3) is 5.91 Å². The van der Waals surface area contributed by atoms with Gasteiger partial charge in [-0.05, 0) is 111 Å². The molecule has 5 heterocycles. The van der Waals surface area contributed by atoms with Crippen LogP contribution in [-0.2, 0) is 74.7 Å². The van der Waals surface area contributed by atoms with Crippen LogP contribution in [0.25, 0.3) is 5.57 Å². The fourth-order valence-corrected chi connectivity index (χ4v) is 20.9. The number of hydrogen-bond acceptors (Lipinski definition) is 31. The highest BCUT2D eigenvalue weighted by Crippen LogP contribution is 2.68. The molecule has 5 aliphatic heterocycles. The maximum absolute atomic E-state index is 15.7. The van der Waals surface area contributed by atoms with Crippen molar-refractivity contribution >= 4 is 92.0 Å². The van der Waals surface area contributed by atoms with Gasteiger partial charge in [0.2, 0.25) is 23.6 Å². The van der Waals surface area contributed by atoms with E-state index in [0.717, 1.165) is 49.4 Å². The van der Waals surface area contributed by atoms with Gasteiger partial charge in [-0.3, -0.25) is 53.0 Å². The van der Waals surface area contributed by atoms with E-state index in [9.17, 15) is 110 Å². The van der Waals surface area contributed by atoms with Gasteiger partial charge in [0.15, 0.2) is 11.4 Å². The maximum Gasteiger partial charge on any atom is 0.327 e. The van der Waals surface area contributed by atoms with Gasteiger partial charge in [0, 0.05) is 130 Å². The normalized spacial score (nSPS) is 27.9. The molecule has 1 saturated carbocycles. The Bertz CT molecular complexity index is 4030. The summed E-state index contributed by atoms with van der Waals surface area (Å²) in [4.78, 5) is 144. The van der Waals surface area contributed by atoms with Crippen LogP contribution in [0.3, 0.4) is 0 Å². The van der Waals surface area contributed by atoms with Crippen LogP contribution in [0.15, 0.2) is 54.1 Å². The molecule has 1 unspecified atom stereocenters. The fraction of sp³-hybridized carbons (Fsp3) is 0.675. The molecule has 656 valence electrons. The topological polar surface area (TPSA) is 572 Å². The van der Waals surface area contributed by atoms with E-state index >= 15 is 9.59 Å². The Hall–Kier alpha value is -7.48. The molecule has 1 spiro atoms. The van der Waals surface area contributed by atoms with Crippen LogP contribution in [0.4, 0.5) is 5.69 Å². The number of amides is 5. The minimum absolute atomic E-state index is 0.00716. The van der Waals surface area contributed by atoms with E-state index in [1.165, 1.54) is 21.1 Å². The molecule has 0 radical (unpaired) electrons. The van der Waals surface area contributed by atoms with Crippen molar-refractivity contribution in [3.05, 3.63) is 76.4 Å². The predicted molar refractivity (Wildman–Crippen MR) is 426 cm³/mol. The number of nitrogens with zero attached hydrogens (tertiary/aromatic N) is 3. The number of likely N-dealkylation sites (N-methyl/N-ethyl adjacent to an activating group) is 1. The summed E-state index contributed by atoms with van der Waals surface area (Å²) in [7, 11) is 6.55. The Labute approximate surface area is 690 Å². The van der Waals surface area contributed by atoms with E-state index in [2.05, 4.69) is 48.5 Å². The lowest BCUT2D eigenvalue weighted by atomic mass is 9.47. The number of benzene rings is 2. The number of ether oxygens (including phenoxy) is 3. The van der Waals surface area contributed by atoms with Gasteiger partial charge in [0.1, 0.15) is 73.1 Å². The van der Waals surface area contributed by atoms with Crippen molar-refractivity contribution in [3.63, 3.8) is 0 Å². The summed E-state index contributed by atoms with van der Waals surface area (Å²) < 4.78 is 18.0. The van der Waals surface area contributed by atoms with Gasteiger partial charge >= 0.3 is 23.9 Å². The van der Waals surface area contributed by atoms with Gasteiger partial charge < -0.3 is 122 Å². The molecule has 2 aromatic rings. The number of nitrogens with one attached hydrogen (secondary N) is 5. The second kappa shape index (κ2) is 40.5. The number of carboxylic acid groups (broad SMARTS) is 2. The molecule has 2 bridgehead atoms. The molecule has 22 atom stereocenters. The van der Waals surface area contributed by atoms with Crippen molar-refractivity contribution in [2.75, 3.05) is 110 Å². The number of rotatable bonds is 43. The van der Waals surface area contributed by atoms with Crippen molar-refractivity contribution < 1.29 is 139 Å². The van der Waals surface area contributed by atoms with Gasteiger partial charge in [-0.2, -0.15) is 0 Å². The quantitative estimate of drug-likeness (QED) is 0.0132. The Morgan fingerprint density at radius 1 is 0.720 bits per heavy atom. The molecule has 2 aromatic carbocycles. The summed E-state index contributed by atoms with van der Waals surface area (Å²) in [5.41, 5.74) is -1.79. The number of methoxy groups -OCH3 is 2. The second-order valence-corrected chi connectivity index (χ2v) is 35.0. The zero-order chi connectivity index (χ0) is 86.7. The predicted octanol–water partition coefficient (Wildman–Crippen LogP) is -3.59. The largest absolute Gasteiger partial charge is 0.496 e. The molecule has 3 fully saturated rings. The minimum atomic E-state index is -2.66. The Balaban J connectivity index is 0.871. The number of carbonyl (C=O) groups is 10. The first-order valence-corrected chi connectivity index (χ1v) is 42.5. The third kappa shape index (κ3) is 19.8. The average Bonchev–Trinajstić information content (AvgIpc) is 1.47. The molecule has 36 nitrogen and oxygen atoms in total. The van der Waals surface area contributed by atoms with E-state index in [1.807, 2.05) is 50.3 Å². The molecule has 2 aliphatic carbocycles. The number of fused-ring (bicyclic) bond motifs is 5. The standard InChI is InChI=1S/C80H116N8O28S2/c1-7-76(112)32-43-33-79(75(111)115-6,48-28-44-12-9-10-13-46(44)47(48)20-24-87(37-43)41-76)50-30-49-53(31-59(50)114-5)86(4)72-78(49)22-25-88-23-11-21-77(8-2,71(78)88)73(109)80(72,113)74(110)83-36-63(100)116-26-27-117-118-40-52(70(107)108)85-69(106)45(15-18-61(97)82-35-56(93)65(102)67(104)58(95)39-90)29-54(91)51(16-19-62(98)99)84-68(105)42(3)14-17-60(96)81-34-55(92)64(101)66(103)57(94)38-89/h9-13,21,30-31,42-43,45,51-52,55-58,64-67,71-73,89-90,92-95,101-104,109,112-113H,7-8,14-20,22-29,32-41H2,1-6H3,(H,81,96)(H,82,97)(H,83,110)(H,84,105)(H,85,106)(H,98,99)(H,107,108)/t42-,43+,45+,51-,52-,55-,56-,57+,58+,64+,65+,66+,67+,71-,72+,73+,76-,77+,78+,79+,80-/m0/s1. The SMILES string of the molecule is CC[C@]1(O)C[C@H]2CN(CCC3=C(Cc4ccccc43)[C@@](C(=O)OC)(c3cc4c(cc3OC)N(C)[C@H]3[C@@](O)(C(=O)NCC(=O)OCCSSC[C@H](NC(=O)[C@H](CCC(=O)NC[C@H](O)[C@@H](O)[C@H](O)[C@H](O)CO)CC(=O)[C@H](CCC(=O)O)NC(=O)[C@@H](C)CCC(=O)NC[C@H](O)[C@@H](O)[C@H](O)[C@H](O)CO)C(=O)O)[C@H](O)[C@]5(CC)C=CCN6CC[C@]43[C@@H]65)C2)C1. The van der Waals surface area contributed by atoms with Gasteiger partial charge in [-0.1, -0.05) is 78.8 Å². The smallest absolute Gasteiger partial charge is 0.327 e. The van der Waals surface area contributed by atoms with Crippen molar-refractivity contribution in [2.24, 2.45) is 23.2 Å². The Morgan fingerprint density at radius 2 is 1.36 bits per heavy atom. The van der Waals surface area contributed by atoms with E-state index in [-0.39, 0.29) is 43.3 Å². The molecule has 2 saturated heterocycles. The number of ketones is 1. The summed E-state index contributed by atoms with van der Waals surface area (Å²) in [5, 5.41) is 169. The lowest BCUT2D eigenvalue weighted by Crippen LogP contribution is -2.81. The van der Waals surface area contributed by atoms with Crippen molar-refractivity contribution in [3.8, 4) is 5.75 Å². The number of Topliss-reactive ketones (excluding diaryl/α,β-unsaturated/α-hetero) is 1. The van der Waals surface area contributed by atoms with Crippen LogP contribution in [0.2, 0.25) is 0 Å². The molecule has 5 amide bonds. The van der Waals surface area contributed by atoms with Crippen LogP contribution in [0.5, 0.6) is 5.75 Å². The molecular weight excluding hydrogens is 1590 g/mol. The van der Waals surface area contributed by atoms with Gasteiger partial charge in [-0.25, -0.2) is 4.79 Å². The molecule has 7 aliphatic rings. The molecule has 9 rings (SSSR count). The Morgan fingerprint density at radius 3 is 1.97 bits per heavy atom. The zero-order valence-electron chi connectivity index (χ0n) is 67.1. The average molecular weight is 1700 g/mol. The number of hydrogen-bond donors (Lipinski definition) is 20. The van der Waals surface area contributed by atoms with Crippen LogP contribution in [0, 0.1) is 23.2 Å². The van der Waals surface area contributed by atoms with Crippen LogP contribution >= 0.6 is 21.6 Å². The monoisotopic (exact) mass is 1700 g/mol. The highest BCUT2D eigenvalue weighted by atomic mass is 33.1. The first-order chi connectivity index (χ1) is 55.9. The maximum atomic E-state index is 15.7. The lowest BCUT2D eigenvalue weighted by Gasteiger charge is -2.63. The van der Waals surface area contributed by atoms with Crippen molar-refractivity contribution in [2.45, 2.75) is 212 Å². The zero-order valence-corrected chi connectivity index (χ0v) is 68.8. The summed E-state index contributed by atoms with van der Waals surface area (Å²) in [6.45, 7) is 3.50. The van der Waals surface area contributed by atoms with Gasteiger partial charge in [0.05, 0.1) is 57.3 Å². The number of aliphatic hydroxyl groups is 13. The number of carboxylic acids is 2. The summed E-state index contributed by atoms with van der Waals surface area (Å²) in [6, 6.07) is 6.93. The second-order valence-electron chi connectivity index (χ2n) is 32.3. The number of carbonyl (C=O) groups excluding carboxylic acids is 8. The highest BCUT2D eigenvalue weighted by molar-refractivity contribution is 8.76. The number of piperidine rings is 1.